The van der Waals surface area contributed by atoms with E-state index in [0.29, 0.717) is 19.3 Å². The number of carbonyl (C=O) groups excluding carboxylic acids is 2. The van der Waals surface area contributed by atoms with Gasteiger partial charge in [-0.05, 0) is 196 Å². The number of halogens is 1. The summed E-state index contributed by atoms with van der Waals surface area (Å²) in [6.45, 7) is 13.5. The lowest BCUT2D eigenvalue weighted by Crippen LogP contribution is -2.35. The lowest BCUT2D eigenvalue weighted by molar-refractivity contribution is -0.118. The molecule has 3 N–H and O–H groups in total. The third kappa shape index (κ3) is 13.6. The first-order chi connectivity index (χ1) is 26.2. The molecule has 0 aromatic heterocycles. The number of amides is 1. The van der Waals surface area contributed by atoms with Crippen molar-refractivity contribution in [3.8, 4) is 0 Å². The number of hydrogen-bond acceptors (Lipinski definition) is 8. The molecule has 0 atom stereocenters. The number of primary sulfonamides is 1. The zero-order chi connectivity index (χ0) is 40.2. The maximum atomic E-state index is 12.5. The predicted molar refractivity (Wildman–Crippen MR) is 224 cm³/mol. The molecule has 2 aromatic rings. The Balaban J connectivity index is 0.000000203. The van der Waals surface area contributed by atoms with Crippen LogP contribution in [-0.2, 0) is 93.8 Å². The fourth-order valence-corrected chi connectivity index (χ4v) is 10.6. The molecular weight excluding hydrogens is 756 g/mol. The number of rotatable bonds is 17. The van der Waals surface area contributed by atoms with E-state index in [1.165, 1.54) is 75.8 Å². The van der Waals surface area contributed by atoms with Crippen LogP contribution in [0.4, 0.5) is 0 Å². The number of nitrogens with one attached hydrogen (secondary N) is 1. The first-order valence-electron chi connectivity index (χ1n) is 20.7. The van der Waals surface area contributed by atoms with Crippen LogP contribution in [0.2, 0.25) is 0 Å². The summed E-state index contributed by atoms with van der Waals surface area (Å²) < 4.78 is 48.0. The minimum Gasteiger partial charge on any atom is -0.304 e. The standard InChI is InChI=1S/C21H32N2O3S.C14H15ClO.C7H18N2O2S/c1-3-23(4-2)12-7-13-27(25,26)22-21(24)15-20-18-10-5-8-16(18)14-17-9-6-11-19(17)20;15-14(16)8-13-11-5-1-3-9(11)7-10-4-2-6-12(10)13;1-3-9(4-2)6-5-7-12(8,10)11/h14H,3-13,15H2,1-2H3,(H,22,24);7H,1-6,8H2;3-7H2,1-2H3,(H2,8,10,11). The average Bonchev–Trinajstić information content (AvgIpc) is 3.96. The van der Waals surface area contributed by atoms with E-state index in [1.807, 2.05) is 0 Å². The second-order valence-corrected chi connectivity index (χ2v) is 19.4. The van der Waals surface area contributed by atoms with E-state index >= 15 is 0 Å². The number of hydrogen-bond donors (Lipinski definition) is 2. The highest BCUT2D eigenvalue weighted by Crippen LogP contribution is 2.36. The summed E-state index contributed by atoms with van der Waals surface area (Å²) in [6.07, 6.45) is 15.4. The molecule has 0 radical (unpaired) electrons. The van der Waals surface area contributed by atoms with E-state index in [9.17, 15) is 26.4 Å². The van der Waals surface area contributed by atoms with Crippen molar-refractivity contribution in [2.45, 2.75) is 130 Å². The molecule has 4 aliphatic carbocycles. The molecule has 0 saturated carbocycles. The third-order valence-electron chi connectivity index (χ3n) is 11.7. The van der Waals surface area contributed by atoms with Crippen LogP contribution in [0.3, 0.4) is 0 Å². The first kappa shape index (κ1) is 45.4. The molecule has 0 heterocycles. The van der Waals surface area contributed by atoms with Gasteiger partial charge in [-0.1, -0.05) is 39.8 Å². The lowest BCUT2D eigenvalue weighted by atomic mass is 9.92. The fraction of sp³-hybridized carbons (Fsp3) is 0.667. The molecule has 0 saturated heterocycles. The Morgan fingerprint density at radius 1 is 0.618 bits per heavy atom. The van der Waals surface area contributed by atoms with Crippen molar-refractivity contribution in [2.24, 2.45) is 5.14 Å². The number of carbonyl (C=O) groups is 2. The molecule has 308 valence electrons. The number of sulfonamides is 2. The van der Waals surface area contributed by atoms with E-state index in [2.05, 4.69) is 54.3 Å². The van der Waals surface area contributed by atoms with Gasteiger partial charge in [0.15, 0.2) is 0 Å². The van der Waals surface area contributed by atoms with E-state index in [-0.39, 0.29) is 29.1 Å². The Morgan fingerprint density at radius 2 is 0.982 bits per heavy atom. The summed E-state index contributed by atoms with van der Waals surface area (Å²) >= 11 is 5.58. The number of nitrogens with two attached hydrogens (primary N) is 1. The van der Waals surface area contributed by atoms with Crippen molar-refractivity contribution in [1.82, 2.24) is 14.5 Å². The molecule has 0 bridgehead atoms. The lowest BCUT2D eigenvalue weighted by Gasteiger charge is -2.18. The van der Waals surface area contributed by atoms with Crippen LogP contribution in [-0.4, -0.2) is 88.6 Å². The van der Waals surface area contributed by atoms with E-state index in [4.69, 9.17) is 16.7 Å². The van der Waals surface area contributed by atoms with Gasteiger partial charge in [-0.2, -0.15) is 0 Å². The number of benzene rings is 2. The van der Waals surface area contributed by atoms with E-state index < -0.39 is 20.0 Å². The smallest absolute Gasteiger partial charge is 0.237 e. The molecule has 0 spiro atoms. The van der Waals surface area contributed by atoms with E-state index in [1.54, 1.807) is 0 Å². The summed E-state index contributed by atoms with van der Waals surface area (Å²) in [7, 11) is -6.83. The van der Waals surface area contributed by atoms with Crippen LogP contribution in [0.25, 0.3) is 0 Å². The molecule has 10 nitrogen and oxygen atoms in total. The minimum absolute atomic E-state index is 0.000242. The SMILES string of the molecule is CCN(CC)CCCS(=O)(=O)NC(=O)Cc1c2c(cc3c1CCC3)CCC2.CCN(CC)CCCS(N)(=O)=O.O=C(Cl)Cc1c2c(cc3c1CCC3)CCC2. The van der Waals surface area contributed by atoms with Crippen molar-refractivity contribution in [2.75, 3.05) is 50.8 Å². The Hall–Kier alpha value is -2.35. The molecule has 0 unspecified atom stereocenters. The Morgan fingerprint density at radius 3 is 1.33 bits per heavy atom. The van der Waals surface area contributed by atoms with Gasteiger partial charge in [-0.15, -0.1) is 0 Å². The third-order valence-corrected chi connectivity index (χ3v) is 14.1. The topological polar surface area (TPSA) is 147 Å². The Kier molecular flexibility index (Phi) is 17.7. The summed E-state index contributed by atoms with van der Waals surface area (Å²) in [5.41, 5.74) is 13.6. The van der Waals surface area contributed by atoms with Gasteiger partial charge in [0.1, 0.15) is 0 Å². The van der Waals surface area contributed by atoms with Crippen LogP contribution in [0.5, 0.6) is 0 Å². The van der Waals surface area contributed by atoms with Gasteiger partial charge in [0.05, 0.1) is 17.9 Å². The zero-order valence-corrected chi connectivity index (χ0v) is 36.1. The molecule has 0 aliphatic heterocycles. The predicted octanol–water partition coefficient (Wildman–Crippen LogP) is 5.36. The highest BCUT2D eigenvalue weighted by molar-refractivity contribution is 7.90. The van der Waals surface area contributed by atoms with Crippen molar-refractivity contribution < 1.29 is 26.4 Å². The van der Waals surface area contributed by atoms with Crippen LogP contribution in [0.15, 0.2) is 12.1 Å². The van der Waals surface area contributed by atoms with Gasteiger partial charge >= 0.3 is 0 Å². The van der Waals surface area contributed by atoms with E-state index in [0.717, 1.165) is 96.2 Å². The molecule has 6 rings (SSSR count). The number of aryl methyl sites for hydroxylation is 4. The molecule has 0 fully saturated rings. The van der Waals surface area contributed by atoms with Gasteiger partial charge in [-0.3, -0.25) is 14.3 Å². The molecule has 55 heavy (non-hydrogen) atoms. The minimum atomic E-state index is -3.57. The second-order valence-electron chi connectivity index (χ2n) is 15.4. The molecule has 1 amide bonds. The molecule has 2 aromatic carbocycles. The fourth-order valence-electron chi connectivity index (χ4n) is 8.90. The largest absolute Gasteiger partial charge is 0.304 e. The highest BCUT2D eigenvalue weighted by atomic mass is 35.5. The quantitative estimate of drug-likeness (QED) is 0.203. The second kappa shape index (κ2) is 21.4. The van der Waals surface area contributed by atoms with Crippen molar-refractivity contribution >= 4 is 42.8 Å². The first-order valence-corrected chi connectivity index (χ1v) is 24.4. The highest BCUT2D eigenvalue weighted by Gasteiger charge is 2.27. The Labute approximate surface area is 336 Å². The van der Waals surface area contributed by atoms with Crippen molar-refractivity contribution in [1.29, 1.82) is 0 Å². The Bertz CT molecular complexity index is 1790. The van der Waals surface area contributed by atoms with Gasteiger partial charge in [0.25, 0.3) is 0 Å². The van der Waals surface area contributed by atoms with Gasteiger partial charge < -0.3 is 9.80 Å². The van der Waals surface area contributed by atoms with Crippen molar-refractivity contribution in [3.63, 3.8) is 0 Å². The molecule has 13 heteroatoms. The number of fused-ring (bicyclic) bond motifs is 4. The molecule has 4 aliphatic rings. The summed E-state index contributed by atoms with van der Waals surface area (Å²) in [5, 5.41) is 4.64. The maximum absolute atomic E-state index is 12.5. The average molecular weight is 822 g/mol. The van der Waals surface area contributed by atoms with Gasteiger partial charge in [0, 0.05) is 6.42 Å². The normalized spacial score (nSPS) is 15.5. The van der Waals surface area contributed by atoms with Crippen LogP contribution >= 0.6 is 11.6 Å². The van der Waals surface area contributed by atoms with Crippen LogP contribution in [0, 0.1) is 0 Å². The molecular formula is C42H65ClN4O6S2. The van der Waals surface area contributed by atoms with Crippen LogP contribution < -0.4 is 9.86 Å². The number of nitrogens with zero attached hydrogens (tertiary/aromatic N) is 2. The summed E-state index contributed by atoms with van der Waals surface area (Å²) in [4.78, 5) is 28.1. The van der Waals surface area contributed by atoms with Crippen LogP contribution in [0.1, 0.15) is 122 Å². The van der Waals surface area contributed by atoms with Crippen molar-refractivity contribution in [3.05, 3.63) is 67.8 Å². The van der Waals surface area contributed by atoms with Gasteiger partial charge in [-0.25, -0.2) is 22.0 Å². The summed E-state index contributed by atoms with van der Waals surface area (Å²) in [6, 6.07) is 4.71. The monoisotopic (exact) mass is 820 g/mol. The zero-order valence-electron chi connectivity index (χ0n) is 33.7. The van der Waals surface area contributed by atoms with Gasteiger partial charge in [0.2, 0.25) is 31.2 Å². The maximum Gasteiger partial charge on any atom is 0.237 e. The summed E-state index contributed by atoms with van der Waals surface area (Å²) in [5.74, 6) is -0.295.